The number of imidazole rings is 1. The van der Waals surface area contributed by atoms with Gasteiger partial charge in [0.15, 0.2) is 5.82 Å². The second-order valence-electron chi connectivity index (χ2n) is 10.0. The van der Waals surface area contributed by atoms with Gasteiger partial charge in [0.25, 0.3) is 0 Å². The molecule has 0 spiro atoms. The zero-order chi connectivity index (χ0) is 28.5. The lowest BCUT2D eigenvalue weighted by Crippen LogP contribution is -2.12. The first kappa shape index (κ1) is 25.6. The summed E-state index contributed by atoms with van der Waals surface area (Å²) in [5.74, 6) is 0.592. The average molecular weight is 556 g/mol. The van der Waals surface area contributed by atoms with Gasteiger partial charge in [0, 0.05) is 54.3 Å². The first-order valence-electron chi connectivity index (χ1n) is 13.5. The van der Waals surface area contributed by atoms with Crippen LogP contribution in [0.5, 0.6) is 5.75 Å². The Labute approximate surface area is 240 Å². The number of aromatic nitrogens is 6. The van der Waals surface area contributed by atoms with Crippen molar-refractivity contribution in [2.45, 2.75) is 13.1 Å². The van der Waals surface area contributed by atoms with E-state index >= 15 is 0 Å². The van der Waals surface area contributed by atoms with E-state index in [-0.39, 0.29) is 0 Å². The van der Waals surface area contributed by atoms with Gasteiger partial charge in [-0.2, -0.15) is 5.10 Å². The standard InChI is InChI=1S/C33H26FN7O/c1-42-26-13-23(12-25(34)15-26)30-32-29(9-10-37-30)38-33(39-32)31-27-14-22(7-8-28(27)40-41-31)24-11-21(18-36-19-24)17-35-16-20-5-3-2-4-6-20/h2-15,18-19,35H,16-17H2,1H3,(H,38,39)(H,40,41). The van der Waals surface area contributed by atoms with E-state index in [4.69, 9.17) is 9.72 Å². The molecule has 4 heterocycles. The van der Waals surface area contributed by atoms with Crippen LogP contribution in [0.15, 0.2) is 97.5 Å². The third-order valence-corrected chi connectivity index (χ3v) is 7.20. The lowest BCUT2D eigenvalue weighted by Gasteiger charge is -2.07. The molecule has 0 amide bonds. The van der Waals surface area contributed by atoms with Gasteiger partial charge in [-0.25, -0.2) is 9.37 Å². The van der Waals surface area contributed by atoms with Gasteiger partial charge < -0.3 is 15.0 Å². The first-order chi connectivity index (χ1) is 20.6. The molecule has 4 aromatic heterocycles. The third-order valence-electron chi connectivity index (χ3n) is 7.20. The van der Waals surface area contributed by atoms with Crippen molar-refractivity contribution in [1.29, 1.82) is 0 Å². The van der Waals surface area contributed by atoms with Gasteiger partial charge >= 0.3 is 0 Å². The van der Waals surface area contributed by atoms with Crippen LogP contribution in [0.25, 0.3) is 55.8 Å². The van der Waals surface area contributed by atoms with Crippen molar-refractivity contribution in [3.8, 4) is 39.7 Å². The summed E-state index contributed by atoms with van der Waals surface area (Å²) in [6.45, 7) is 1.50. The summed E-state index contributed by atoms with van der Waals surface area (Å²) in [5.41, 5.74) is 8.46. The average Bonchev–Trinajstić information content (AvgIpc) is 3.65. The Morgan fingerprint density at radius 2 is 1.69 bits per heavy atom. The van der Waals surface area contributed by atoms with E-state index < -0.39 is 5.82 Å². The smallest absolute Gasteiger partial charge is 0.159 e. The predicted molar refractivity (Wildman–Crippen MR) is 161 cm³/mol. The van der Waals surface area contributed by atoms with Crippen molar-refractivity contribution in [2.24, 2.45) is 0 Å². The molecule has 0 fully saturated rings. The highest BCUT2D eigenvalue weighted by molar-refractivity contribution is 5.97. The Morgan fingerprint density at radius 3 is 2.57 bits per heavy atom. The largest absolute Gasteiger partial charge is 0.497 e. The normalized spacial score (nSPS) is 11.4. The molecule has 0 saturated heterocycles. The maximum atomic E-state index is 14.3. The number of H-pyrrole nitrogens is 2. The zero-order valence-corrected chi connectivity index (χ0v) is 22.7. The van der Waals surface area contributed by atoms with Crippen molar-refractivity contribution >= 4 is 21.9 Å². The van der Waals surface area contributed by atoms with Crippen molar-refractivity contribution in [2.75, 3.05) is 7.11 Å². The number of benzene rings is 3. The second-order valence-corrected chi connectivity index (χ2v) is 10.0. The van der Waals surface area contributed by atoms with E-state index in [2.05, 4.69) is 60.8 Å². The van der Waals surface area contributed by atoms with Crippen LogP contribution in [0, 0.1) is 5.82 Å². The Kier molecular flexibility index (Phi) is 6.61. The van der Waals surface area contributed by atoms with E-state index in [1.54, 1.807) is 12.3 Å². The summed E-state index contributed by atoms with van der Waals surface area (Å²) in [7, 11) is 1.51. The number of nitrogens with zero attached hydrogens (tertiary/aromatic N) is 4. The minimum atomic E-state index is -0.407. The van der Waals surface area contributed by atoms with Crippen molar-refractivity contribution in [3.05, 3.63) is 114 Å². The fourth-order valence-corrected chi connectivity index (χ4v) is 5.14. The molecule has 9 heteroatoms. The van der Waals surface area contributed by atoms with Gasteiger partial charge in [-0.05, 0) is 53.1 Å². The summed E-state index contributed by atoms with van der Waals surface area (Å²) in [6.07, 6.45) is 5.43. The number of hydrogen-bond acceptors (Lipinski definition) is 6. The lowest BCUT2D eigenvalue weighted by atomic mass is 10.0. The molecule has 7 rings (SSSR count). The number of methoxy groups -OCH3 is 1. The van der Waals surface area contributed by atoms with Crippen LogP contribution in [0.3, 0.4) is 0 Å². The van der Waals surface area contributed by atoms with Crippen LogP contribution in [0.2, 0.25) is 0 Å². The molecule has 8 nitrogen and oxygen atoms in total. The number of ether oxygens (including phenoxy) is 1. The monoisotopic (exact) mass is 555 g/mol. The molecule has 3 N–H and O–H groups in total. The fraction of sp³-hybridized carbons (Fsp3) is 0.0909. The molecular weight excluding hydrogens is 529 g/mol. The SMILES string of the molecule is COc1cc(F)cc(-c2nccc3[nH]c(-c4n[nH]c5ccc(-c6cncc(CNCc7ccccc7)c6)cc45)nc23)c1. The van der Waals surface area contributed by atoms with Crippen LogP contribution >= 0.6 is 0 Å². The van der Waals surface area contributed by atoms with E-state index in [9.17, 15) is 4.39 Å². The zero-order valence-electron chi connectivity index (χ0n) is 22.7. The Bertz CT molecular complexity index is 2030. The van der Waals surface area contributed by atoms with E-state index in [0.717, 1.165) is 39.7 Å². The van der Waals surface area contributed by atoms with Crippen LogP contribution in [0.4, 0.5) is 4.39 Å². The van der Waals surface area contributed by atoms with Gasteiger partial charge in [-0.3, -0.25) is 15.1 Å². The molecular formula is C33H26FN7O. The number of nitrogens with one attached hydrogen (secondary N) is 3. The second kappa shape index (κ2) is 10.9. The van der Waals surface area contributed by atoms with Gasteiger partial charge in [0.05, 0.1) is 23.8 Å². The van der Waals surface area contributed by atoms with Gasteiger partial charge in [0.2, 0.25) is 0 Å². The Morgan fingerprint density at radius 1 is 0.810 bits per heavy atom. The van der Waals surface area contributed by atoms with Crippen molar-refractivity contribution < 1.29 is 9.13 Å². The van der Waals surface area contributed by atoms with Gasteiger partial charge in [-0.1, -0.05) is 36.4 Å². The van der Waals surface area contributed by atoms with Crippen LogP contribution in [-0.2, 0) is 13.1 Å². The topological polar surface area (TPSA) is 104 Å². The first-order valence-corrected chi connectivity index (χ1v) is 13.5. The highest BCUT2D eigenvalue weighted by Gasteiger charge is 2.17. The number of fused-ring (bicyclic) bond motifs is 2. The summed E-state index contributed by atoms with van der Waals surface area (Å²) < 4.78 is 19.5. The number of rotatable bonds is 8. The van der Waals surface area contributed by atoms with E-state index in [1.165, 1.54) is 24.8 Å². The molecule has 0 radical (unpaired) electrons. The highest BCUT2D eigenvalue weighted by Crippen LogP contribution is 2.33. The Hall–Kier alpha value is -5.41. The third kappa shape index (κ3) is 4.97. The molecule has 0 aliphatic carbocycles. The summed E-state index contributed by atoms with van der Waals surface area (Å²) in [6, 6.07) is 25.0. The molecule has 0 atom stereocenters. The summed E-state index contributed by atoms with van der Waals surface area (Å²) >= 11 is 0. The molecule has 206 valence electrons. The summed E-state index contributed by atoms with van der Waals surface area (Å²) in [5, 5.41) is 12.1. The van der Waals surface area contributed by atoms with E-state index in [0.29, 0.717) is 40.6 Å². The predicted octanol–water partition coefficient (Wildman–Crippen LogP) is 6.67. The number of aromatic amines is 2. The molecule has 0 aliphatic heterocycles. The van der Waals surface area contributed by atoms with Gasteiger partial charge in [0.1, 0.15) is 22.8 Å². The fourth-order valence-electron chi connectivity index (χ4n) is 5.14. The maximum Gasteiger partial charge on any atom is 0.159 e. The van der Waals surface area contributed by atoms with E-state index in [1.807, 2.05) is 42.7 Å². The summed E-state index contributed by atoms with van der Waals surface area (Å²) in [4.78, 5) is 17.2. The molecule has 7 aromatic rings. The molecule has 0 unspecified atom stereocenters. The van der Waals surface area contributed by atoms with Gasteiger partial charge in [-0.15, -0.1) is 0 Å². The van der Waals surface area contributed by atoms with Crippen LogP contribution in [-0.4, -0.2) is 37.2 Å². The molecule has 0 aliphatic rings. The minimum Gasteiger partial charge on any atom is -0.497 e. The maximum absolute atomic E-state index is 14.3. The van der Waals surface area contributed by atoms with Crippen molar-refractivity contribution in [3.63, 3.8) is 0 Å². The molecule has 42 heavy (non-hydrogen) atoms. The van der Waals surface area contributed by atoms with Crippen LogP contribution in [0.1, 0.15) is 11.1 Å². The van der Waals surface area contributed by atoms with Crippen molar-refractivity contribution in [1.82, 2.24) is 35.5 Å². The molecule has 3 aromatic carbocycles. The highest BCUT2D eigenvalue weighted by atomic mass is 19.1. The number of halogens is 1. The number of hydrogen-bond donors (Lipinski definition) is 3. The molecule has 0 bridgehead atoms. The van der Waals surface area contributed by atoms with Crippen LogP contribution < -0.4 is 10.1 Å². The minimum absolute atomic E-state index is 0.407. The lowest BCUT2D eigenvalue weighted by molar-refractivity contribution is 0.411. The quantitative estimate of drug-likeness (QED) is 0.194. The molecule has 0 saturated carbocycles. The number of pyridine rings is 2. The Balaban J connectivity index is 1.21.